The van der Waals surface area contributed by atoms with Crippen molar-refractivity contribution in [1.29, 1.82) is 0 Å². The van der Waals surface area contributed by atoms with Crippen LogP contribution in [0.25, 0.3) is 0 Å². The molecule has 23 heavy (non-hydrogen) atoms. The van der Waals surface area contributed by atoms with Crippen molar-refractivity contribution in [1.82, 2.24) is 15.5 Å². The fourth-order valence-corrected chi connectivity index (χ4v) is 2.97. The third-order valence-electron chi connectivity index (χ3n) is 4.42. The molecule has 1 aliphatic heterocycles. The number of carbonyl (C=O) groups is 1. The average Bonchev–Trinajstić information content (AvgIpc) is 3.31. The van der Waals surface area contributed by atoms with Gasteiger partial charge in [-0.25, -0.2) is 0 Å². The van der Waals surface area contributed by atoms with E-state index in [1.54, 1.807) is 0 Å². The molecule has 2 fully saturated rings. The molecule has 2 N–H and O–H groups in total. The fourth-order valence-electron chi connectivity index (χ4n) is 2.97. The first-order valence-electron chi connectivity index (χ1n) is 8.01. The number of piperazine rings is 1. The van der Waals surface area contributed by atoms with Gasteiger partial charge in [-0.1, -0.05) is 29.8 Å². The summed E-state index contributed by atoms with van der Waals surface area (Å²) in [6.45, 7) is 6.52. The summed E-state index contributed by atoms with van der Waals surface area (Å²) in [6.07, 6.45) is 2.46. The van der Waals surface area contributed by atoms with E-state index < -0.39 is 0 Å². The molecular weight excluding hydrogens is 333 g/mol. The zero-order chi connectivity index (χ0) is 14.7. The lowest BCUT2D eigenvalue weighted by Gasteiger charge is -2.27. The second kappa shape index (κ2) is 9.48. The molecule has 6 heteroatoms. The summed E-state index contributed by atoms with van der Waals surface area (Å²) in [5.74, 6) is 0.786. The van der Waals surface area contributed by atoms with Crippen molar-refractivity contribution in [2.75, 3.05) is 32.7 Å². The lowest BCUT2D eigenvalue weighted by atomic mass is 10.0. The molecule has 1 amide bonds. The van der Waals surface area contributed by atoms with Gasteiger partial charge in [-0.15, -0.1) is 24.8 Å². The van der Waals surface area contributed by atoms with Crippen LogP contribution in [0.15, 0.2) is 24.3 Å². The van der Waals surface area contributed by atoms with Gasteiger partial charge < -0.3 is 10.6 Å². The summed E-state index contributed by atoms with van der Waals surface area (Å²) in [5, 5.41) is 6.58. The van der Waals surface area contributed by atoms with Crippen LogP contribution in [0.5, 0.6) is 0 Å². The van der Waals surface area contributed by atoms with Crippen LogP contribution in [0.4, 0.5) is 0 Å². The maximum atomic E-state index is 12.3. The summed E-state index contributed by atoms with van der Waals surface area (Å²) in [6, 6.07) is 8.77. The highest BCUT2D eigenvalue weighted by Crippen LogP contribution is 2.41. The molecule has 4 nitrogen and oxygen atoms in total. The Balaban J connectivity index is 0.00000132. The Hall–Kier alpha value is -0.810. The van der Waals surface area contributed by atoms with E-state index >= 15 is 0 Å². The monoisotopic (exact) mass is 359 g/mol. The number of aryl methyl sites for hydroxylation is 1. The van der Waals surface area contributed by atoms with Gasteiger partial charge in [0.2, 0.25) is 5.91 Å². The Kier molecular flexibility index (Phi) is 8.34. The van der Waals surface area contributed by atoms with E-state index in [2.05, 4.69) is 46.7 Å². The van der Waals surface area contributed by atoms with E-state index in [4.69, 9.17) is 0 Å². The van der Waals surface area contributed by atoms with Crippen molar-refractivity contribution in [2.45, 2.75) is 25.8 Å². The molecule has 0 radical (unpaired) electrons. The second-order valence-corrected chi connectivity index (χ2v) is 6.32. The molecule has 1 saturated heterocycles. The SMILES string of the molecule is Cc1ccc(C(NC(=O)CN2CCNCC2)C2CC2)cc1.Cl.Cl. The number of carbonyl (C=O) groups excluding carboxylic acids is 1. The Morgan fingerprint density at radius 3 is 2.39 bits per heavy atom. The summed E-state index contributed by atoms with van der Waals surface area (Å²) in [7, 11) is 0. The fraction of sp³-hybridized carbons (Fsp3) is 0.588. The van der Waals surface area contributed by atoms with E-state index in [-0.39, 0.29) is 36.8 Å². The molecule has 1 heterocycles. The largest absolute Gasteiger partial charge is 0.348 e. The Labute approximate surface area is 151 Å². The number of nitrogens with one attached hydrogen (secondary N) is 2. The number of rotatable bonds is 5. The lowest BCUT2D eigenvalue weighted by molar-refractivity contribution is -0.123. The lowest BCUT2D eigenvalue weighted by Crippen LogP contribution is -2.48. The van der Waals surface area contributed by atoms with Gasteiger partial charge in [0.15, 0.2) is 0 Å². The van der Waals surface area contributed by atoms with Gasteiger partial charge in [-0.05, 0) is 31.2 Å². The highest BCUT2D eigenvalue weighted by Gasteiger charge is 2.33. The Morgan fingerprint density at radius 1 is 1.22 bits per heavy atom. The van der Waals surface area contributed by atoms with Crippen LogP contribution in [0.1, 0.15) is 30.0 Å². The van der Waals surface area contributed by atoms with Crippen molar-refractivity contribution < 1.29 is 4.79 Å². The van der Waals surface area contributed by atoms with Crippen molar-refractivity contribution in [3.8, 4) is 0 Å². The van der Waals surface area contributed by atoms with E-state index in [1.165, 1.54) is 24.0 Å². The van der Waals surface area contributed by atoms with Gasteiger partial charge in [0, 0.05) is 26.2 Å². The summed E-state index contributed by atoms with van der Waals surface area (Å²) >= 11 is 0. The highest BCUT2D eigenvalue weighted by molar-refractivity contribution is 5.85. The van der Waals surface area contributed by atoms with Crippen molar-refractivity contribution in [3.63, 3.8) is 0 Å². The number of amides is 1. The Morgan fingerprint density at radius 2 is 1.83 bits per heavy atom. The minimum atomic E-state index is 0. The predicted octanol–water partition coefficient (Wildman–Crippen LogP) is 2.31. The minimum absolute atomic E-state index is 0. The zero-order valence-corrected chi connectivity index (χ0v) is 15.2. The number of nitrogens with zero attached hydrogens (tertiary/aromatic N) is 1. The molecule has 1 atom stereocenters. The van der Waals surface area contributed by atoms with Gasteiger partial charge in [0.25, 0.3) is 0 Å². The van der Waals surface area contributed by atoms with Gasteiger partial charge >= 0.3 is 0 Å². The minimum Gasteiger partial charge on any atom is -0.348 e. The van der Waals surface area contributed by atoms with Gasteiger partial charge in [0.1, 0.15) is 0 Å². The Bertz CT molecular complexity index is 485. The third-order valence-corrected chi connectivity index (χ3v) is 4.42. The molecule has 3 rings (SSSR count). The molecule has 0 bridgehead atoms. The molecule has 0 aromatic heterocycles. The first-order valence-corrected chi connectivity index (χ1v) is 8.01. The quantitative estimate of drug-likeness (QED) is 0.847. The van der Waals surface area contributed by atoms with Crippen LogP contribution in [-0.4, -0.2) is 43.5 Å². The number of hydrogen-bond acceptors (Lipinski definition) is 3. The number of hydrogen-bond donors (Lipinski definition) is 2. The normalized spacial score (nSPS) is 19.2. The van der Waals surface area contributed by atoms with Crippen LogP contribution < -0.4 is 10.6 Å². The maximum Gasteiger partial charge on any atom is 0.234 e. The molecule has 2 aliphatic rings. The molecule has 0 spiro atoms. The predicted molar refractivity (Wildman–Crippen MR) is 98.6 cm³/mol. The topological polar surface area (TPSA) is 44.4 Å². The molecule has 1 aliphatic carbocycles. The van der Waals surface area contributed by atoms with Gasteiger partial charge in [-0.2, -0.15) is 0 Å². The third kappa shape index (κ3) is 5.96. The molecule has 130 valence electrons. The van der Waals surface area contributed by atoms with Crippen molar-refractivity contribution in [2.24, 2.45) is 5.92 Å². The number of benzene rings is 1. The van der Waals surface area contributed by atoms with E-state index in [9.17, 15) is 4.79 Å². The van der Waals surface area contributed by atoms with E-state index in [1.807, 2.05) is 0 Å². The molecule has 1 aromatic rings. The van der Waals surface area contributed by atoms with Crippen LogP contribution in [-0.2, 0) is 4.79 Å². The van der Waals surface area contributed by atoms with E-state index in [0.29, 0.717) is 12.5 Å². The van der Waals surface area contributed by atoms with Crippen LogP contribution in [0.2, 0.25) is 0 Å². The smallest absolute Gasteiger partial charge is 0.234 e. The molecule has 1 saturated carbocycles. The highest BCUT2D eigenvalue weighted by atomic mass is 35.5. The average molecular weight is 360 g/mol. The number of halogens is 2. The van der Waals surface area contributed by atoms with Crippen molar-refractivity contribution >= 4 is 30.7 Å². The molecule has 1 unspecified atom stereocenters. The first-order chi connectivity index (χ1) is 10.2. The second-order valence-electron chi connectivity index (χ2n) is 6.32. The van der Waals surface area contributed by atoms with Crippen LogP contribution >= 0.6 is 24.8 Å². The molecule has 1 aromatic carbocycles. The van der Waals surface area contributed by atoms with Gasteiger partial charge in [-0.3, -0.25) is 9.69 Å². The van der Waals surface area contributed by atoms with E-state index in [0.717, 1.165) is 26.2 Å². The van der Waals surface area contributed by atoms with Crippen molar-refractivity contribution in [3.05, 3.63) is 35.4 Å². The van der Waals surface area contributed by atoms with Crippen LogP contribution in [0, 0.1) is 12.8 Å². The zero-order valence-electron chi connectivity index (χ0n) is 13.6. The standard InChI is InChI=1S/C17H25N3O.2ClH/c1-13-2-4-14(5-3-13)17(15-6-7-15)19-16(21)12-20-10-8-18-9-11-20;;/h2-5,15,17-18H,6-12H2,1H3,(H,19,21);2*1H. The van der Waals surface area contributed by atoms with Crippen LogP contribution in [0.3, 0.4) is 0 Å². The summed E-state index contributed by atoms with van der Waals surface area (Å²) in [5.41, 5.74) is 2.51. The first kappa shape index (κ1) is 20.2. The summed E-state index contributed by atoms with van der Waals surface area (Å²) in [4.78, 5) is 14.5. The van der Waals surface area contributed by atoms with Gasteiger partial charge in [0.05, 0.1) is 12.6 Å². The molecular formula is C17H27Cl2N3O. The summed E-state index contributed by atoms with van der Waals surface area (Å²) < 4.78 is 0. The maximum absolute atomic E-state index is 12.3.